The van der Waals surface area contributed by atoms with Gasteiger partial charge in [0.1, 0.15) is 0 Å². The second-order valence-electron chi connectivity index (χ2n) is 8.72. The van der Waals surface area contributed by atoms with Crippen LogP contribution in [0.25, 0.3) is 0 Å². The number of rotatable bonds is 3. The fourth-order valence-corrected chi connectivity index (χ4v) is 5.16. The van der Waals surface area contributed by atoms with Crippen LogP contribution in [0.4, 0.5) is 0 Å². The molecule has 1 amide bonds. The Kier molecular flexibility index (Phi) is 4.20. The molecule has 1 saturated carbocycles. The van der Waals surface area contributed by atoms with Crippen molar-refractivity contribution in [3.05, 3.63) is 16.1 Å². The molecular formula is C19H29N3OS. The quantitative estimate of drug-likeness (QED) is 0.843. The summed E-state index contributed by atoms with van der Waals surface area (Å²) in [7, 11) is 0. The first-order valence-corrected chi connectivity index (χ1v) is 10.2. The Balaban J connectivity index is 1.31. The molecule has 2 aliphatic heterocycles. The summed E-state index contributed by atoms with van der Waals surface area (Å²) in [5.41, 5.74) is 1.47. The molecule has 3 heterocycles. The molecule has 1 aromatic rings. The van der Waals surface area contributed by atoms with Crippen LogP contribution >= 0.6 is 11.3 Å². The van der Waals surface area contributed by atoms with Crippen molar-refractivity contribution in [2.45, 2.75) is 46.6 Å². The lowest BCUT2D eigenvalue weighted by atomic mass is 9.92. The van der Waals surface area contributed by atoms with Gasteiger partial charge >= 0.3 is 0 Å². The van der Waals surface area contributed by atoms with E-state index >= 15 is 0 Å². The van der Waals surface area contributed by atoms with Gasteiger partial charge in [-0.15, -0.1) is 11.3 Å². The minimum atomic E-state index is 0.254. The van der Waals surface area contributed by atoms with E-state index in [1.165, 1.54) is 18.5 Å². The molecule has 3 atom stereocenters. The summed E-state index contributed by atoms with van der Waals surface area (Å²) in [6, 6.07) is 0. The van der Waals surface area contributed by atoms with Gasteiger partial charge in [0.05, 0.1) is 10.7 Å². The van der Waals surface area contributed by atoms with Crippen LogP contribution in [0.3, 0.4) is 0 Å². The van der Waals surface area contributed by atoms with Gasteiger partial charge < -0.3 is 4.90 Å². The van der Waals surface area contributed by atoms with Crippen molar-refractivity contribution in [3.63, 3.8) is 0 Å². The number of carbonyl (C=O) groups is 1. The molecule has 4 rings (SSSR count). The molecular weight excluding hydrogens is 318 g/mol. The van der Waals surface area contributed by atoms with Gasteiger partial charge in [0.25, 0.3) is 0 Å². The number of hydrogen-bond donors (Lipinski definition) is 0. The molecule has 0 aromatic carbocycles. The molecule has 0 bridgehead atoms. The van der Waals surface area contributed by atoms with E-state index in [9.17, 15) is 4.79 Å². The maximum Gasteiger partial charge on any atom is 0.226 e. The van der Waals surface area contributed by atoms with Gasteiger partial charge in [-0.25, -0.2) is 4.98 Å². The molecule has 1 aliphatic carbocycles. The van der Waals surface area contributed by atoms with Crippen molar-refractivity contribution in [1.82, 2.24) is 14.8 Å². The highest BCUT2D eigenvalue weighted by Gasteiger charge is 2.53. The Labute approximate surface area is 149 Å². The number of carbonyl (C=O) groups excluding carboxylic acids is 1. The van der Waals surface area contributed by atoms with E-state index in [4.69, 9.17) is 0 Å². The van der Waals surface area contributed by atoms with E-state index in [0.717, 1.165) is 44.2 Å². The van der Waals surface area contributed by atoms with Crippen LogP contribution in [0.15, 0.2) is 5.38 Å². The number of aryl methyl sites for hydroxylation is 1. The van der Waals surface area contributed by atoms with Crippen LogP contribution in [-0.2, 0) is 11.3 Å². The number of thiazole rings is 1. The van der Waals surface area contributed by atoms with E-state index in [0.29, 0.717) is 23.7 Å². The fourth-order valence-electron chi connectivity index (χ4n) is 4.56. The maximum atomic E-state index is 12.7. The number of amides is 1. The van der Waals surface area contributed by atoms with Crippen molar-refractivity contribution in [3.8, 4) is 0 Å². The van der Waals surface area contributed by atoms with Crippen LogP contribution < -0.4 is 0 Å². The lowest BCUT2D eigenvalue weighted by Crippen LogP contribution is -2.33. The number of nitrogens with zero attached hydrogens (tertiary/aromatic N) is 3. The Bertz CT molecular complexity index is 610. The second-order valence-corrected chi connectivity index (χ2v) is 9.78. The van der Waals surface area contributed by atoms with Gasteiger partial charge in [0.2, 0.25) is 5.91 Å². The Morgan fingerprint density at radius 1 is 1.29 bits per heavy atom. The summed E-state index contributed by atoms with van der Waals surface area (Å²) in [6.45, 7) is 11.8. The van der Waals surface area contributed by atoms with E-state index in [-0.39, 0.29) is 5.41 Å². The highest BCUT2D eigenvalue weighted by Crippen LogP contribution is 2.53. The molecule has 0 N–H and O–H groups in total. The molecule has 1 aromatic heterocycles. The van der Waals surface area contributed by atoms with Crippen molar-refractivity contribution in [2.75, 3.05) is 26.2 Å². The van der Waals surface area contributed by atoms with Gasteiger partial charge in [-0.1, -0.05) is 13.8 Å². The van der Waals surface area contributed by atoms with E-state index in [1.54, 1.807) is 11.3 Å². The molecule has 3 aliphatic rings. The lowest BCUT2D eigenvalue weighted by molar-refractivity contribution is -0.132. The third-order valence-electron chi connectivity index (χ3n) is 6.38. The average molecular weight is 348 g/mol. The van der Waals surface area contributed by atoms with Crippen molar-refractivity contribution < 1.29 is 4.79 Å². The predicted molar refractivity (Wildman–Crippen MR) is 96.8 cm³/mol. The third kappa shape index (κ3) is 3.25. The minimum absolute atomic E-state index is 0.254. The van der Waals surface area contributed by atoms with Crippen LogP contribution in [0, 0.1) is 30.1 Å². The van der Waals surface area contributed by atoms with Gasteiger partial charge in [-0.05, 0) is 56.5 Å². The van der Waals surface area contributed by atoms with Gasteiger partial charge in [-0.2, -0.15) is 0 Å². The van der Waals surface area contributed by atoms with Crippen molar-refractivity contribution >= 4 is 17.2 Å². The van der Waals surface area contributed by atoms with Gasteiger partial charge in [0, 0.05) is 30.9 Å². The van der Waals surface area contributed by atoms with Gasteiger partial charge in [-0.3, -0.25) is 9.69 Å². The third-order valence-corrected chi connectivity index (χ3v) is 7.21. The molecule has 1 unspecified atom stereocenters. The number of hydrogen-bond acceptors (Lipinski definition) is 4. The fraction of sp³-hybridized carbons (Fsp3) is 0.789. The summed E-state index contributed by atoms with van der Waals surface area (Å²) in [6.07, 6.45) is 3.54. The normalized spacial score (nSPS) is 32.5. The van der Waals surface area contributed by atoms with Crippen LogP contribution in [0.1, 0.15) is 43.8 Å². The highest BCUT2D eigenvalue weighted by molar-refractivity contribution is 7.09. The summed E-state index contributed by atoms with van der Waals surface area (Å²) >= 11 is 1.74. The largest absolute Gasteiger partial charge is 0.342 e. The van der Waals surface area contributed by atoms with Crippen LogP contribution in [0.2, 0.25) is 0 Å². The number of fused-ring (bicyclic) bond motifs is 1. The smallest absolute Gasteiger partial charge is 0.226 e. The molecule has 2 saturated heterocycles. The first-order chi connectivity index (χ1) is 11.4. The SMILES string of the molecule is Cc1nc(CN2CC[C@@H]3CN(C(=O)C4CC4(C)C)C[C@@H]3CC2)cs1. The first-order valence-electron chi connectivity index (χ1n) is 9.34. The Hall–Kier alpha value is -0.940. The molecule has 132 valence electrons. The standard InChI is InChI=1S/C19H29N3OS/c1-13-20-16(12-24-13)11-21-6-4-14-9-22(10-15(14)5-7-21)18(23)17-8-19(17,2)3/h12,14-15,17H,4-11H2,1-3H3/t14-,15+,17?. The second kappa shape index (κ2) is 6.10. The summed E-state index contributed by atoms with van der Waals surface area (Å²) in [4.78, 5) is 22.0. The number of aromatic nitrogens is 1. The molecule has 5 heteroatoms. The van der Waals surface area contributed by atoms with Crippen LogP contribution in [0.5, 0.6) is 0 Å². The van der Waals surface area contributed by atoms with Gasteiger partial charge in [0.15, 0.2) is 0 Å². The Morgan fingerprint density at radius 3 is 2.42 bits per heavy atom. The van der Waals surface area contributed by atoms with E-state index in [1.807, 2.05) is 0 Å². The molecule has 24 heavy (non-hydrogen) atoms. The number of likely N-dealkylation sites (tertiary alicyclic amines) is 2. The minimum Gasteiger partial charge on any atom is -0.342 e. The first kappa shape index (κ1) is 16.5. The molecule has 3 fully saturated rings. The molecule has 4 nitrogen and oxygen atoms in total. The molecule has 0 radical (unpaired) electrons. The monoisotopic (exact) mass is 347 g/mol. The Morgan fingerprint density at radius 2 is 1.92 bits per heavy atom. The van der Waals surface area contributed by atoms with Crippen molar-refractivity contribution in [1.29, 1.82) is 0 Å². The zero-order chi connectivity index (χ0) is 16.9. The molecule has 0 spiro atoms. The topological polar surface area (TPSA) is 36.4 Å². The summed E-state index contributed by atoms with van der Waals surface area (Å²) in [5.74, 6) is 2.14. The highest BCUT2D eigenvalue weighted by atomic mass is 32.1. The van der Waals surface area contributed by atoms with Crippen LogP contribution in [-0.4, -0.2) is 46.9 Å². The summed E-state index contributed by atoms with van der Waals surface area (Å²) < 4.78 is 0. The van der Waals surface area contributed by atoms with Crippen molar-refractivity contribution in [2.24, 2.45) is 23.2 Å². The maximum absolute atomic E-state index is 12.7. The zero-order valence-corrected chi connectivity index (χ0v) is 15.9. The lowest BCUT2D eigenvalue weighted by Gasteiger charge is -2.21. The summed E-state index contributed by atoms with van der Waals surface area (Å²) in [5, 5.41) is 3.35. The van der Waals surface area contributed by atoms with E-state index < -0.39 is 0 Å². The average Bonchev–Trinajstić information content (AvgIpc) is 2.86. The van der Waals surface area contributed by atoms with E-state index in [2.05, 4.69) is 40.9 Å². The zero-order valence-electron chi connectivity index (χ0n) is 15.1. The predicted octanol–water partition coefficient (Wildman–Crippen LogP) is 3.17.